The summed E-state index contributed by atoms with van der Waals surface area (Å²) in [6.07, 6.45) is 3.37. The van der Waals surface area contributed by atoms with Gasteiger partial charge < -0.3 is 11.5 Å². The zero-order valence-corrected chi connectivity index (χ0v) is 9.78. The van der Waals surface area contributed by atoms with Crippen molar-refractivity contribution in [3.63, 3.8) is 0 Å². The summed E-state index contributed by atoms with van der Waals surface area (Å²) in [7, 11) is 0. The van der Waals surface area contributed by atoms with Crippen LogP contribution < -0.4 is 11.5 Å². The number of carbonyl (C=O) groups excluding carboxylic acids is 1. The van der Waals surface area contributed by atoms with Crippen molar-refractivity contribution in [2.75, 3.05) is 5.73 Å². The molecule has 0 atom stereocenters. The molecule has 4 N–H and O–H groups in total. The van der Waals surface area contributed by atoms with Gasteiger partial charge in [0.1, 0.15) is 0 Å². The van der Waals surface area contributed by atoms with E-state index in [2.05, 4.69) is 4.98 Å². The van der Waals surface area contributed by atoms with Crippen LogP contribution in [0.2, 0.25) is 0 Å². The Bertz CT molecular complexity index is 543. The van der Waals surface area contributed by atoms with Crippen LogP contribution in [0.4, 0.5) is 5.69 Å². The zero-order chi connectivity index (χ0) is 12.3. The lowest BCUT2D eigenvalue weighted by Crippen LogP contribution is -2.12. The molecular formula is C12H11N3OS. The molecule has 5 heteroatoms. The maximum Gasteiger partial charge on any atom is 0.249 e. The standard InChI is InChI=1S/C12H11N3OS/c13-10-3-1-2-9(12(14)16)11(10)17-8-4-6-15-7-5-8/h1-7H,13H2,(H2,14,16). The summed E-state index contributed by atoms with van der Waals surface area (Å²) < 4.78 is 0. The predicted molar refractivity (Wildman–Crippen MR) is 67.7 cm³/mol. The van der Waals surface area contributed by atoms with E-state index in [-0.39, 0.29) is 0 Å². The fourth-order valence-electron chi connectivity index (χ4n) is 1.39. The summed E-state index contributed by atoms with van der Waals surface area (Å²) >= 11 is 1.40. The zero-order valence-electron chi connectivity index (χ0n) is 8.96. The van der Waals surface area contributed by atoms with Crippen molar-refractivity contribution >= 4 is 23.4 Å². The minimum Gasteiger partial charge on any atom is -0.398 e. The Kier molecular flexibility index (Phi) is 3.30. The van der Waals surface area contributed by atoms with Crippen molar-refractivity contribution in [2.45, 2.75) is 9.79 Å². The number of primary amides is 1. The SMILES string of the molecule is NC(=O)c1cccc(N)c1Sc1ccncc1. The molecular weight excluding hydrogens is 234 g/mol. The summed E-state index contributed by atoms with van der Waals surface area (Å²) in [6, 6.07) is 8.83. The van der Waals surface area contributed by atoms with Gasteiger partial charge in [-0.2, -0.15) is 0 Å². The van der Waals surface area contributed by atoms with Gasteiger partial charge in [-0.15, -0.1) is 0 Å². The number of nitrogens with zero attached hydrogens (tertiary/aromatic N) is 1. The molecule has 0 bridgehead atoms. The normalized spacial score (nSPS) is 10.1. The molecule has 1 aromatic carbocycles. The lowest BCUT2D eigenvalue weighted by Gasteiger charge is -2.09. The van der Waals surface area contributed by atoms with Crippen LogP contribution in [0.1, 0.15) is 10.4 Å². The van der Waals surface area contributed by atoms with Gasteiger partial charge in [-0.25, -0.2) is 0 Å². The van der Waals surface area contributed by atoms with E-state index in [0.29, 0.717) is 16.1 Å². The Morgan fingerprint density at radius 3 is 2.53 bits per heavy atom. The molecule has 17 heavy (non-hydrogen) atoms. The minimum absolute atomic E-state index is 0.437. The number of carbonyl (C=O) groups is 1. The largest absolute Gasteiger partial charge is 0.398 e. The summed E-state index contributed by atoms with van der Waals surface area (Å²) in [5.74, 6) is -0.478. The molecule has 86 valence electrons. The Hall–Kier alpha value is -2.01. The number of anilines is 1. The van der Waals surface area contributed by atoms with E-state index in [9.17, 15) is 4.79 Å². The quantitative estimate of drug-likeness (QED) is 0.809. The third-order valence-corrected chi connectivity index (χ3v) is 3.35. The van der Waals surface area contributed by atoms with Gasteiger partial charge in [-0.3, -0.25) is 9.78 Å². The van der Waals surface area contributed by atoms with E-state index in [0.717, 1.165) is 4.90 Å². The van der Waals surface area contributed by atoms with Gasteiger partial charge in [0.2, 0.25) is 5.91 Å². The average molecular weight is 245 g/mol. The van der Waals surface area contributed by atoms with Crippen LogP contribution in [0.5, 0.6) is 0 Å². The van der Waals surface area contributed by atoms with E-state index in [1.165, 1.54) is 11.8 Å². The predicted octanol–water partition coefficient (Wildman–Crippen LogP) is 1.91. The number of nitrogen functional groups attached to an aromatic ring is 1. The van der Waals surface area contributed by atoms with Crippen molar-refractivity contribution in [3.05, 3.63) is 48.3 Å². The first-order valence-electron chi connectivity index (χ1n) is 4.94. The van der Waals surface area contributed by atoms with Gasteiger partial charge in [0.05, 0.1) is 5.56 Å². The second-order valence-corrected chi connectivity index (χ2v) is 4.46. The Morgan fingerprint density at radius 1 is 1.18 bits per heavy atom. The number of pyridine rings is 1. The number of benzene rings is 1. The molecule has 0 radical (unpaired) electrons. The first-order chi connectivity index (χ1) is 8.18. The Morgan fingerprint density at radius 2 is 1.88 bits per heavy atom. The first-order valence-corrected chi connectivity index (χ1v) is 5.76. The summed E-state index contributed by atoms with van der Waals surface area (Å²) in [5.41, 5.74) is 12.2. The van der Waals surface area contributed by atoms with Crippen molar-refractivity contribution < 1.29 is 4.79 Å². The highest BCUT2D eigenvalue weighted by molar-refractivity contribution is 7.99. The summed E-state index contributed by atoms with van der Waals surface area (Å²) in [5, 5.41) is 0. The molecule has 0 saturated carbocycles. The molecule has 0 saturated heterocycles. The maximum absolute atomic E-state index is 11.3. The molecule has 1 amide bonds. The van der Waals surface area contributed by atoms with E-state index < -0.39 is 5.91 Å². The molecule has 0 aliphatic rings. The van der Waals surface area contributed by atoms with E-state index in [1.807, 2.05) is 12.1 Å². The van der Waals surface area contributed by atoms with E-state index in [4.69, 9.17) is 11.5 Å². The smallest absolute Gasteiger partial charge is 0.249 e. The molecule has 4 nitrogen and oxygen atoms in total. The van der Waals surface area contributed by atoms with Gasteiger partial charge in [0.15, 0.2) is 0 Å². The van der Waals surface area contributed by atoms with Crippen LogP contribution in [0.15, 0.2) is 52.5 Å². The molecule has 2 aromatic rings. The van der Waals surface area contributed by atoms with Crippen molar-refractivity contribution in [1.82, 2.24) is 4.98 Å². The van der Waals surface area contributed by atoms with Crippen LogP contribution in [0.3, 0.4) is 0 Å². The first kappa shape index (κ1) is 11.5. The molecule has 1 aromatic heterocycles. The highest BCUT2D eigenvalue weighted by Crippen LogP contribution is 2.34. The van der Waals surface area contributed by atoms with Crippen LogP contribution in [-0.4, -0.2) is 10.9 Å². The van der Waals surface area contributed by atoms with Crippen LogP contribution in [-0.2, 0) is 0 Å². The number of aromatic nitrogens is 1. The lowest BCUT2D eigenvalue weighted by atomic mass is 10.2. The monoisotopic (exact) mass is 245 g/mol. The van der Waals surface area contributed by atoms with Gasteiger partial charge in [-0.05, 0) is 24.3 Å². The highest BCUT2D eigenvalue weighted by atomic mass is 32.2. The molecule has 0 aliphatic heterocycles. The van der Waals surface area contributed by atoms with E-state index in [1.54, 1.807) is 30.6 Å². The molecule has 0 fully saturated rings. The fourth-order valence-corrected chi connectivity index (χ4v) is 2.34. The Labute approximate surface area is 103 Å². The van der Waals surface area contributed by atoms with Crippen molar-refractivity contribution in [2.24, 2.45) is 5.73 Å². The molecule has 1 heterocycles. The number of amides is 1. The third kappa shape index (κ3) is 2.57. The summed E-state index contributed by atoms with van der Waals surface area (Å²) in [6.45, 7) is 0. The van der Waals surface area contributed by atoms with Crippen molar-refractivity contribution in [1.29, 1.82) is 0 Å². The van der Waals surface area contributed by atoms with Gasteiger partial charge in [0, 0.05) is 27.9 Å². The molecule has 0 unspecified atom stereocenters. The number of hydrogen-bond acceptors (Lipinski definition) is 4. The number of nitrogens with two attached hydrogens (primary N) is 2. The minimum atomic E-state index is -0.478. The topological polar surface area (TPSA) is 82.0 Å². The second-order valence-electron chi connectivity index (χ2n) is 3.37. The van der Waals surface area contributed by atoms with Crippen LogP contribution in [0, 0.1) is 0 Å². The third-order valence-electron chi connectivity index (χ3n) is 2.18. The summed E-state index contributed by atoms with van der Waals surface area (Å²) in [4.78, 5) is 16.9. The molecule has 2 rings (SSSR count). The lowest BCUT2D eigenvalue weighted by molar-refractivity contribution is 0.0997. The molecule has 0 aliphatic carbocycles. The second kappa shape index (κ2) is 4.88. The Balaban J connectivity index is 2.41. The van der Waals surface area contributed by atoms with Crippen LogP contribution in [0.25, 0.3) is 0 Å². The van der Waals surface area contributed by atoms with Gasteiger partial charge in [-0.1, -0.05) is 17.8 Å². The van der Waals surface area contributed by atoms with Crippen LogP contribution >= 0.6 is 11.8 Å². The molecule has 0 spiro atoms. The fraction of sp³-hybridized carbons (Fsp3) is 0. The van der Waals surface area contributed by atoms with Gasteiger partial charge in [0.25, 0.3) is 0 Å². The number of rotatable bonds is 3. The number of hydrogen-bond donors (Lipinski definition) is 2. The van der Waals surface area contributed by atoms with Gasteiger partial charge >= 0.3 is 0 Å². The van der Waals surface area contributed by atoms with Crippen molar-refractivity contribution in [3.8, 4) is 0 Å². The maximum atomic E-state index is 11.3. The van der Waals surface area contributed by atoms with E-state index >= 15 is 0 Å². The average Bonchev–Trinajstić information content (AvgIpc) is 2.33. The highest BCUT2D eigenvalue weighted by Gasteiger charge is 2.12.